The number of rotatable bonds is 8. The highest BCUT2D eigenvalue weighted by Gasteiger charge is 2.28. The quantitative estimate of drug-likeness (QED) is 0.386. The summed E-state index contributed by atoms with van der Waals surface area (Å²) in [5.41, 5.74) is 1.31. The summed E-state index contributed by atoms with van der Waals surface area (Å²) in [6.07, 6.45) is 0. The molecule has 2 aromatic carbocycles. The largest absolute Gasteiger partial charge is 0.345 e. The van der Waals surface area contributed by atoms with Crippen molar-refractivity contribution >= 4 is 54.2 Å². The summed E-state index contributed by atoms with van der Waals surface area (Å²) < 4.78 is 29.1. The molecule has 1 fully saturated rings. The Morgan fingerprint density at radius 3 is 2.17 bits per heavy atom. The van der Waals surface area contributed by atoms with Gasteiger partial charge in [0.05, 0.1) is 14.6 Å². The Morgan fingerprint density at radius 1 is 1.00 bits per heavy atom. The maximum Gasteiger partial charge on any atom is 0.253 e. The summed E-state index contributed by atoms with van der Waals surface area (Å²) in [5.74, 6) is 0.350. The highest BCUT2D eigenvalue weighted by molar-refractivity contribution is 7.89. The van der Waals surface area contributed by atoms with Gasteiger partial charge in [-0.1, -0.05) is 56.7 Å². The Morgan fingerprint density at radius 2 is 1.61 bits per heavy atom. The average Bonchev–Trinajstić information content (AvgIpc) is 3.29. The van der Waals surface area contributed by atoms with Gasteiger partial charge in [0.15, 0.2) is 5.13 Å². The lowest BCUT2D eigenvalue weighted by Crippen LogP contribution is -2.48. The van der Waals surface area contributed by atoms with Crippen LogP contribution < -0.4 is 4.90 Å². The molecule has 0 unspecified atom stereocenters. The number of sulfonamides is 1. The SMILES string of the molecule is CC(C)CN(CC(C)C)S(=O)(=O)c1ccc(C(=O)N2CCN(c3nc4c(Cl)cccc4s3)CC2)cc1. The third-order valence-electron chi connectivity index (χ3n) is 6.07. The van der Waals surface area contributed by atoms with Gasteiger partial charge in [0.2, 0.25) is 10.0 Å². The number of thiazole rings is 1. The molecular formula is C26H33ClN4O3S2. The van der Waals surface area contributed by atoms with E-state index in [2.05, 4.69) is 4.90 Å². The second-order valence-corrected chi connectivity index (χ2v) is 13.4. The van der Waals surface area contributed by atoms with Crippen molar-refractivity contribution in [1.29, 1.82) is 0 Å². The molecule has 0 bridgehead atoms. The third kappa shape index (κ3) is 5.85. The smallest absolute Gasteiger partial charge is 0.253 e. The minimum Gasteiger partial charge on any atom is -0.345 e. The summed E-state index contributed by atoms with van der Waals surface area (Å²) in [6, 6.07) is 12.1. The fourth-order valence-corrected chi connectivity index (χ4v) is 7.41. The highest BCUT2D eigenvalue weighted by atomic mass is 35.5. The normalized spacial score (nSPS) is 15.0. The van der Waals surface area contributed by atoms with Crippen molar-refractivity contribution in [2.45, 2.75) is 32.6 Å². The van der Waals surface area contributed by atoms with E-state index < -0.39 is 10.0 Å². The van der Waals surface area contributed by atoms with Crippen LogP contribution in [0.2, 0.25) is 5.02 Å². The predicted molar refractivity (Wildman–Crippen MR) is 148 cm³/mol. The van der Waals surface area contributed by atoms with Crippen molar-refractivity contribution in [3.63, 3.8) is 0 Å². The Hall–Kier alpha value is -2.20. The van der Waals surface area contributed by atoms with Crippen LogP contribution in [0, 0.1) is 11.8 Å². The standard InChI is InChI=1S/C26H33ClN4O3S2/c1-18(2)16-31(17-19(3)4)36(33,34)21-10-8-20(9-11-21)25(32)29-12-14-30(15-13-29)26-28-24-22(27)6-5-7-23(24)35-26/h5-11,18-19H,12-17H2,1-4H3. The van der Waals surface area contributed by atoms with E-state index in [0.29, 0.717) is 49.9 Å². The van der Waals surface area contributed by atoms with Crippen molar-refractivity contribution in [3.05, 3.63) is 53.1 Å². The lowest BCUT2D eigenvalue weighted by Gasteiger charge is -2.34. The predicted octanol–water partition coefficient (Wildman–Crippen LogP) is 5.21. The van der Waals surface area contributed by atoms with Crippen LogP contribution in [0.15, 0.2) is 47.4 Å². The van der Waals surface area contributed by atoms with E-state index in [-0.39, 0.29) is 22.6 Å². The van der Waals surface area contributed by atoms with Crippen molar-refractivity contribution in [1.82, 2.24) is 14.2 Å². The molecule has 10 heteroatoms. The molecule has 1 aromatic heterocycles. The van der Waals surface area contributed by atoms with Gasteiger partial charge in [-0.05, 0) is 48.2 Å². The number of hydrogen-bond donors (Lipinski definition) is 0. The number of fused-ring (bicyclic) bond motifs is 1. The van der Waals surface area contributed by atoms with Crippen LogP contribution in [0.4, 0.5) is 5.13 Å². The fraction of sp³-hybridized carbons (Fsp3) is 0.462. The molecule has 0 atom stereocenters. The van der Waals surface area contributed by atoms with Gasteiger partial charge >= 0.3 is 0 Å². The number of carbonyl (C=O) groups is 1. The maximum absolute atomic E-state index is 13.3. The number of anilines is 1. The zero-order valence-corrected chi connectivity index (χ0v) is 23.5. The van der Waals surface area contributed by atoms with E-state index in [9.17, 15) is 13.2 Å². The molecule has 0 spiro atoms. The Balaban J connectivity index is 1.42. The second-order valence-electron chi connectivity index (χ2n) is 10.00. The number of amides is 1. The number of hydrogen-bond acceptors (Lipinski definition) is 6. The first-order chi connectivity index (χ1) is 17.1. The van der Waals surface area contributed by atoms with Crippen LogP contribution in [0.3, 0.4) is 0 Å². The Labute approximate surface area is 222 Å². The molecular weight excluding hydrogens is 516 g/mol. The monoisotopic (exact) mass is 548 g/mol. The van der Waals surface area contributed by atoms with E-state index >= 15 is 0 Å². The van der Waals surface area contributed by atoms with Crippen LogP contribution in [0.5, 0.6) is 0 Å². The van der Waals surface area contributed by atoms with E-state index in [1.165, 1.54) is 0 Å². The van der Waals surface area contributed by atoms with Crippen LogP contribution in [0.25, 0.3) is 10.2 Å². The van der Waals surface area contributed by atoms with Crippen molar-refractivity contribution in [3.8, 4) is 0 Å². The zero-order chi connectivity index (χ0) is 26.0. The van der Waals surface area contributed by atoms with Crippen LogP contribution in [-0.4, -0.2) is 67.8 Å². The fourth-order valence-electron chi connectivity index (χ4n) is 4.33. The molecule has 1 amide bonds. The second kappa shape index (κ2) is 11.0. The van der Waals surface area contributed by atoms with Gasteiger partial charge in [-0.25, -0.2) is 13.4 Å². The first-order valence-corrected chi connectivity index (χ1v) is 14.9. The lowest BCUT2D eigenvalue weighted by atomic mass is 10.2. The molecule has 4 rings (SSSR count). The third-order valence-corrected chi connectivity index (χ3v) is 9.30. The Bertz CT molecular complexity index is 1300. The maximum atomic E-state index is 13.3. The van der Waals surface area contributed by atoms with Gasteiger partial charge in [-0.2, -0.15) is 4.31 Å². The molecule has 3 aromatic rings. The molecule has 0 aliphatic carbocycles. The summed E-state index contributed by atoms with van der Waals surface area (Å²) in [4.78, 5) is 22.0. The van der Waals surface area contributed by atoms with Gasteiger partial charge in [0.1, 0.15) is 5.52 Å². The number of carbonyl (C=O) groups excluding carboxylic acids is 1. The van der Waals surface area contributed by atoms with Crippen LogP contribution in [0.1, 0.15) is 38.1 Å². The first kappa shape index (κ1) is 26.9. The minimum absolute atomic E-state index is 0.0906. The van der Waals surface area contributed by atoms with Crippen molar-refractivity contribution in [2.24, 2.45) is 11.8 Å². The van der Waals surface area contributed by atoms with Gasteiger partial charge in [0, 0.05) is 44.8 Å². The first-order valence-electron chi connectivity index (χ1n) is 12.3. The molecule has 0 N–H and O–H groups in total. The molecule has 7 nitrogen and oxygen atoms in total. The number of halogens is 1. The van der Waals surface area contributed by atoms with Crippen LogP contribution in [-0.2, 0) is 10.0 Å². The topological polar surface area (TPSA) is 73.8 Å². The molecule has 1 aliphatic heterocycles. The number of piperazine rings is 1. The summed E-state index contributed by atoms with van der Waals surface area (Å²) >= 11 is 7.88. The molecule has 2 heterocycles. The number of nitrogens with zero attached hydrogens (tertiary/aromatic N) is 4. The molecule has 36 heavy (non-hydrogen) atoms. The molecule has 1 saturated heterocycles. The van der Waals surface area contributed by atoms with Crippen LogP contribution >= 0.6 is 22.9 Å². The molecule has 194 valence electrons. The number of benzene rings is 2. The van der Waals surface area contributed by atoms with Gasteiger partial charge in [-0.3, -0.25) is 4.79 Å². The Kier molecular flexibility index (Phi) is 8.24. The molecule has 0 radical (unpaired) electrons. The van der Waals surface area contributed by atoms with E-state index in [1.54, 1.807) is 39.9 Å². The molecule has 1 aliphatic rings. The van der Waals surface area contributed by atoms with Crippen molar-refractivity contribution in [2.75, 3.05) is 44.2 Å². The number of aromatic nitrogens is 1. The minimum atomic E-state index is -3.62. The number of para-hydroxylation sites is 1. The summed E-state index contributed by atoms with van der Waals surface area (Å²) in [5, 5.41) is 1.55. The summed E-state index contributed by atoms with van der Waals surface area (Å²) in [6.45, 7) is 11.5. The lowest BCUT2D eigenvalue weighted by molar-refractivity contribution is 0.0746. The summed E-state index contributed by atoms with van der Waals surface area (Å²) in [7, 11) is -3.62. The van der Waals surface area contributed by atoms with E-state index in [1.807, 2.05) is 50.8 Å². The highest BCUT2D eigenvalue weighted by Crippen LogP contribution is 2.33. The van der Waals surface area contributed by atoms with E-state index in [0.717, 1.165) is 15.3 Å². The average molecular weight is 549 g/mol. The van der Waals surface area contributed by atoms with Gasteiger partial charge in [-0.15, -0.1) is 0 Å². The van der Waals surface area contributed by atoms with Gasteiger partial charge < -0.3 is 9.80 Å². The molecule has 0 saturated carbocycles. The zero-order valence-electron chi connectivity index (χ0n) is 21.1. The van der Waals surface area contributed by atoms with E-state index in [4.69, 9.17) is 16.6 Å². The van der Waals surface area contributed by atoms with Gasteiger partial charge in [0.25, 0.3) is 5.91 Å². The van der Waals surface area contributed by atoms with Crippen molar-refractivity contribution < 1.29 is 13.2 Å².